The Morgan fingerprint density at radius 1 is 1.55 bits per heavy atom. The lowest BCUT2D eigenvalue weighted by Crippen LogP contribution is -2.24. The second kappa shape index (κ2) is 5.62. The fraction of sp³-hybridized carbons (Fsp3) is 0.231. The van der Waals surface area contributed by atoms with Gasteiger partial charge in [-0.25, -0.2) is 4.98 Å². The zero-order valence-corrected chi connectivity index (χ0v) is 11.0. The highest BCUT2D eigenvalue weighted by Gasteiger charge is 2.11. The van der Waals surface area contributed by atoms with Crippen LogP contribution in [0.1, 0.15) is 0 Å². The monoisotopic (exact) mass is 274 g/mol. The van der Waals surface area contributed by atoms with E-state index in [-0.39, 0.29) is 16.6 Å². The molecule has 2 rings (SSSR count). The van der Waals surface area contributed by atoms with E-state index in [2.05, 4.69) is 16.9 Å². The summed E-state index contributed by atoms with van der Waals surface area (Å²) in [7, 11) is 1.79. The van der Waals surface area contributed by atoms with E-state index in [1.807, 2.05) is 0 Å². The van der Waals surface area contributed by atoms with E-state index in [1.54, 1.807) is 7.05 Å². The predicted molar refractivity (Wildman–Crippen MR) is 75.7 cm³/mol. The summed E-state index contributed by atoms with van der Waals surface area (Å²) in [5.41, 5.74) is 0.830. The smallest absolute Gasteiger partial charge is 0.270 e. The fourth-order valence-electron chi connectivity index (χ4n) is 1.92. The maximum Gasteiger partial charge on any atom is 0.270 e. The van der Waals surface area contributed by atoms with E-state index < -0.39 is 4.92 Å². The summed E-state index contributed by atoms with van der Waals surface area (Å²) >= 11 is 0. The molecular formula is C13H14N4O3. The number of nitrogens with one attached hydrogen (secondary N) is 1. The molecule has 7 nitrogen and oxygen atoms in total. The van der Waals surface area contributed by atoms with Gasteiger partial charge in [-0.05, 0) is 18.7 Å². The molecular weight excluding hydrogens is 260 g/mol. The van der Waals surface area contributed by atoms with E-state index >= 15 is 0 Å². The van der Waals surface area contributed by atoms with Crippen molar-refractivity contribution in [2.45, 2.75) is 6.54 Å². The Morgan fingerprint density at radius 2 is 2.30 bits per heavy atom. The summed E-state index contributed by atoms with van der Waals surface area (Å²) in [6, 6.07) is 4.06. The standard InChI is InChI=1S/C13H14N4O3/c1-9(6-14-2)7-16-8-15-12-4-3-10(17(19)20)5-11(12)13(16)18/h3-5,8,14H,1,6-7H2,2H3. The minimum absolute atomic E-state index is 0.122. The van der Waals surface area contributed by atoms with Crippen molar-refractivity contribution in [2.24, 2.45) is 0 Å². The van der Waals surface area contributed by atoms with Crippen LogP contribution in [0.25, 0.3) is 10.9 Å². The first-order valence-corrected chi connectivity index (χ1v) is 5.97. The number of fused-ring (bicyclic) bond motifs is 1. The lowest BCUT2D eigenvalue weighted by Gasteiger charge is -2.08. The summed E-state index contributed by atoms with van der Waals surface area (Å²) in [4.78, 5) is 26.6. The summed E-state index contributed by atoms with van der Waals surface area (Å²) in [6.45, 7) is 4.76. The van der Waals surface area contributed by atoms with Crippen LogP contribution >= 0.6 is 0 Å². The summed E-state index contributed by atoms with van der Waals surface area (Å²) < 4.78 is 1.39. The highest BCUT2D eigenvalue weighted by Crippen LogP contribution is 2.16. The van der Waals surface area contributed by atoms with Crippen LogP contribution in [0.4, 0.5) is 5.69 Å². The second-order valence-electron chi connectivity index (χ2n) is 4.42. The van der Waals surface area contributed by atoms with Gasteiger partial charge in [0.1, 0.15) is 0 Å². The number of hydrogen-bond acceptors (Lipinski definition) is 5. The Morgan fingerprint density at radius 3 is 2.95 bits per heavy atom. The highest BCUT2D eigenvalue weighted by molar-refractivity contribution is 5.79. The zero-order chi connectivity index (χ0) is 14.7. The lowest BCUT2D eigenvalue weighted by atomic mass is 10.2. The minimum Gasteiger partial charge on any atom is -0.316 e. The quantitative estimate of drug-likeness (QED) is 0.500. The normalized spacial score (nSPS) is 10.7. The number of rotatable bonds is 5. The Balaban J connectivity index is 2.48. The first kappa shape index (κ1) is 13.9. The number of benzene rings is 1. The lowest BCUT2D eigenvalue weighted by molar-refractivity contribution is -0.384. The largest absolute Gasteiger partial charge is 0.316 e. The van der Waals surface area contributed by atoms with Gasteiger partial charge in [-0.1, -0.05) is 6.58 Å². The molecule has 0 saturated carbocycles. The molecule has 0 amide bonds. The molecule has 0 atom stereocenters. The molecule has 0 aliphatic rings. The van der Waals surface area contributed by atoms with Crippen molar-refractivity contribution in [3.05, 3.63) is 57.1 Å². The van der Waals surface area contributed by atoms with E-state index in [0.29, 0.717) is 18.6 Å². The summed E-state index contributed by atoms with van der Waals surface area (Å²) in [5, 5.41) is 13.9. The minimum atomic E-state index is -0.532. The molecule has 1 N–H and O–H groups in total. The third-order valence-corrected chi connectivity index (χ3v) is 2.84. The van der Waals surface area contributed by atoms with E-state index in [9.17, 15) is 14.9 Å². The van der Waals surface area contributed by atoms with Gasteiger partial charge >= 0.3 is 0 Å². The van der Waals surface area contributed by atoms with E-state index in [1.165, 1.54) is 29.1 Å². The van der Waals surface area contributed by atoms with Crippen LogP contribution in [-0.2, 0) is 6.54 Å². The second-order valence-corrected chi connectivity index (χ2v) is 4.42. The third kappa shape index (κ3) is 2.72. The topological polar surface area (TPSA) is 90.1 Å². The molecule has 0 bridgehead atoms. The molecule has 0 fully saturated rings. The van der Waals surface area contributed by atoms with Gasteiger partial charge in [0, 0.05) is 25.2 Å². The molecule has 1 aromatic heterocycles. The highest BCUT2D eigenvalue weighted by atomic mass is 16.6. The molecule has 104 valence electrons. The van der Waals surface area contributed by atoms with Gasteiger partial charge in [-0.2, -0.15) is 0 Å². The molecule has 0 saturated heterocycles. The maximum atomic E-state index is 12.3. The Kier molecular flexibility index (Phi) is 3.90. The van der Waals surface area contributed by atoms with Crippen molar-refractivity contribution in [1.82, 2.24) is 14.9 Å². The average Bonchev–Trinajstić information content (AvgIpc) is 2.42. The summed E-state index contributed by atoms with van der Waals surface area (Å²) in [5.74, 6) is 0. The van der Waals surface area contributed by atoms with Crippen molar-refractivity contribution < 1.29 is 4.92 Å². The molecule has 1 aromatic carbocycles. The summed E-state index contributed by atoms with van der Waals surface area (Å²) in [6.07, 6.45) is 1.43. The van der Waals surface area contributed by atoms with E-state index in [4.69, 9.17) is 0 Å². The van der Waals surface area contributed by atoms with Crippen LogP contribution in [0.5, 0.6) is 0 Å². The zero-order valence-electron chi connectivity index (χ0n) is 11.0. The molecule has 0 radical (unpaired) electrons. The van der Waals surface area contributed by atoms with Gasteiger partial charge in [0.25, 0.3) is 11.2 Å². The molecule has 2 aromatic rings. The van der Waals surface area contributed by atoms with Gasteiger partial charge in [-0.3, -0.25) is 19.5 Å². The number of aromatic nitrogens is 2. The number of non-ortho nitro benzene ring substituents is 1. The number of nitro groups is 1. The molecule has 0 aliphatic carbocycles. The van der Waals surface area contributed by atoms with Crippen LogP contribution in [0.3, 0.4) is 0 Å². The number of likely N-dealkylation sites (N-methyl/N-ethyl adjacent to an activating group) is 1. The molecule has 20 heavy (non-hydrogen) atoms. The van der Waals surface area contributed by atoms with Gasteiger partial charge in [0.2, 0.25) is 0 Å². The first-order valence-electron chi connectivity index (χ1n) is 5.97. The maximum absolute atomic E-state index is 12.3. The Labute approximate surface area is 114 Å². The third-order valence-electron chi connectivity index (χ3n) is 2.84. The molecule has 0 unspecified atom stereocenters. The van der Waals surface area contributed by atoms with Crippen LogP contribution in [-0.4, -0.2) is 28.1 Å². The first-order chi connectivity index (χ1) is 9.52. The predicted octanol–water partition coefficient (Wildman–Crippen LogP) is 1.08. The SMILES string of the molecule is C=C(CNC)Cn1cnc2ccc([N+](=O)[O-])cc2c1=O. The average molecular weight is 274 g/mol. The van der Waals surface area contributed by atoms with Crippen molar-refractivity contribution in [1.29, 1.82) is 0 Å². The fourth-order valence-corrected chi connectivity index (χ4v) is 1.92. The number of nitro benzene ring substituents is 1. The number of nitrogens with zero attached hydrogens (tertiary/aromatic N) is 3. The molecule has 0 aliphatic heterocycles. The Hall–Kier alpha value is -2.54. The van der Waals surface area contributed by atoms with Crippen LogP contribution in [0.15, 0.2) is 41.5 Å². The van der Waals surface area contributed by atoms with Crippen molar-refractivity contribution in [3.63, 3.8) is 0 Å². The van der Waals surface area contributed by atoms with Gasteiger partial charge < -0.3 is 5.32 Å². The van der Waals surface area contributed by atoms with Gasteiger partial charge in [0.15, 0.2) is 0 Å². The van der Waals surface area contributed by atoms with E-state index in [0.717, 1.165) is 5.57 Å². The van der Waals surface area contributed by atoms with Crippen molar-refractivity contribution >= 4 is 16.6 Å². The molecule has 0 spiro atoms. The van der Waals surface area contributed by atoms with Crippen molar-refractivity contribution in [2.75, 3.05) is 13.6 Å². The van der Waals surface area contributed by atoms with Crippen LogP contribution in [0.2, 0.25) is 0 Å². The van der Waals surface area contributed by atoms with Crippen LogP contribution in [0, 0.1) is 10.1 Å². The molecule has 1 heterocycles. The van der Waals surface area contributed by atoms with Crippen LogP contribution < -0.4 is 10.9 Å². The molecule has 7 heteroatoms. The van der Waals surface area contributed by atoms with Gasteiger partial charge in [0.05, 0.1) is 22.2 Å². The number of hydrogen-bond donors (Lipinski definition) is 1. The van der Waals surface area contributed by atoms with Gasteiger partial charge in [-0.15, -0.1) is 0 Å². The Bertz CT molecular complexity index is 736. The van der Waals surface area contributed by atoms with Crippen molar-refractivity contribution in [3.8, 4) is 0 Å².